The molecule has 1 heterocycles. The smallest absolute Gasteiger partial charge is 0.136 e. The highest BCUT2D eigenvalue weighted by atomic mass is 32.2. The number of thiocarbonyl (C=S) groups is 1. The van der Waals surface area contributed by atoms with Crippen LogP contribution in [0.1, 0.15) is 25.7 Å². The molecule has 2 unspecified atom stereocenters. The topological polar surface area (TPSA) is 3.24 Å². The summed E-state index contributed by atoms with van der Waals surface area (Å²) in [6.07, 6.45) is 5.54. The third-order valence-electron chi connectivity index (χ3n) is 2.71. The van der Waals surface area contributed by atoms with Crippen molar-refractivity contribution < 1.29 is 0 Å². The van der Waals surface area contributed by atoms with Gasteiger partial charge in [-0.2, -0.15) is 0 Å². The lowest BCUT2D eigenvalue weighted by atomic mass is 9.94. The third kappa shape index (κ3) is 1.29. The van der Waals surface area contributed by atoms with Gasteiger partial charge >= 0.3 is 0 Å². The van der Waals surface area contributed by atoms with Crippen molar-refractivity contribution in [2.75, 3.05) is 7.05 Å². The Labute approximate surface area is 77.5 Å². The Morgan fingerprint density at radius 1 is 1.45 bits per heavy atom. The van der Waals surface area contributed by atoms with Crippen molar-refractivity contribution in [3.05, 3.63) is 0 Å². The minimum atomic E-state index is 0.765. The average Bonchev–Trinajstić information content (AvgIpc) is 2.30. The van der Waals surface area contributed by atoms with Gasteiger partial charge in [-0.3, -0.25) is 0 Å². The van der Waals surface area contributed by atoms with Crippen molar-refractivity contribution in [3.63, 3.8) is 0 Å². The standard InChI is InChI=1S/C8H13NS2/c1-9-6-4-2-3-5-7(6)11-8(9)10/h6-7H,2-5H2,1H3. The lowest BCUT2D eigenvalue weighted by molar-refractivity contribution is 0.305. The largest absolute Gasteiger partial charge is 0.356 e. The van der Waals surface area contributed by atoms with Crippen LogP contribution in [0, 0.1) is 0 Å². The Morgan fingerprint density at radius 3 is 2.91 bits per heavy atom. The molecule has 0 aromatic rings. The van der Waals surface area contributed by atoms with E-state index in [1.54, 1.807) is 0 Å². The van der Waals surface area contributed by atoms with Gasteiger partial charge in [-0.25, -0.2) is 0 Å². The fourth-order valence-corrected chi connectivity index (χ4v) is 3.83. The van der Waals surface area contributed by atoms with Crippen molar-refractivity contribution in [3.8, 4) is 0 Å². The molecule has 2 aliphatic rings. The molecule has 1 saturated heterocycles. The van der Waals surface area contributed by atoms with Crippen molar-refractivity contribution in [2.24, 2.45) is 0 Å². The lowest BCUT2D eigenvalue weighted by Crippen LogP contribution is -2.35. The van der Waals surface area contributed by atoms with E-state index in [0.29, 0.717) is 0 Å². The zero-order chi connectivity index (χ0) is 7.84. The van der Waals surface area contributed by atoms with E-state index < -0.39 is 0 Å². The molecule has 1 saturated carbocycles. The summed E-state index contributed by atoms with van der Waals surface area (Å²) in [4.78, 5) is 2.30. The first-order chi connectivity index (χ1) is 5.29. The third-order valence-corrected chi connectivity index (χ3v) is 4.62. The molecule has 62 valence electrons. The molecule has 0 N–H and O–H groups in total. The Hall–Kier alpha value is 0.240. The fourth-order valence-electron chi connectivity index (χ4n) is 2.01. The molecule has 0 aromatic heterocycles. The van der Waals surface area contributed by atoms with Crippen LogP contribution in [0.2, 0.25) is 0 Å². The molecular weight excluding hydrogens is 174 g/mol. The maximum Gasteiger partial charge on any atom is 0.136 e. The van der Waals surface area contributed by atoms with Crippen molar-refractivity contribution in [1.82, 2.24) is 4.90 Å². The molecule has 2 rings (SSSR count). The summed E-state index contributed by atoms with van der Waals surface area (Å²) < 4.78 is 1.11. The van der Waals surface area contributed by atoms with E-state index in [0.717, 1.165) is 15.6 Å². The number of hydrogen-bond acceptors (Lipinski definition) is 2. The first-order valence-electron chi connectivity index (χ1n) is 4.22. The lowest BCUT2D eigenvalue weighted by Gasteiger charge is -2.28. The highest BCUT2D eigenvalue weighted by molar-refractivity contribution is 8.23. The summed E-state index contributed by atoms with van der Waals surface area (Å²) in [5, 5.41) is 0.821. The summed E-state index contributed by atoms with van der Waals surface area (Å²) in [7, 11) is 2.14. The van der Waals surface area contributed by atoms with E-state index in [-0.39, 0.29) is 0 Å². The van der Waals surface area contributed by atoms with E-state index in [1.807, 2.05) is 11.8 Å². The van der Waals surface area contributed by atoms with Crippen LogP contribution < -0.4 is 0 Å². The van der Waals surface area contributed by atoms with Crippen LogP contribution in [0.4, 0.5) is 0 Å². The summed E-state index contributed by atoms with van der Waals surface area (Å²) in [6, 6.07) is 0.765. The van der Waals surface area contributed by atoms with Gasteiger partial charge in [0.15, 0.2) is 0 Å². The number of nitrogens with zero attached hydrogens (tertiary/aromatic N) is 1. The first-order valence-corrected chi connectivity index (χ1v) is 5.51. The second-order valence-electron chi connectivity index (χ2n) is 3.38. The number of fused-ring (bicyclic) bond motifs is 1. The SMILES string of the molecule is CN1C(=S)SC2CCCCC21. The summed E-state index contributed by atoms with van der Waals surface area (Å²) >= 11 is 7.16. The highest BCUT2D eigenvalue weighted by Gasteiger charge is 2.36. The van der Waals surface area contributed by atoms with Crippen molar-refractivity contribution >= 4 is 28.3 Å². The van der Waals surface area contributed by atoms with Gasteiger partial charge in [0.1, 0.15) is 4.32 Å². The minimum absolute atomic E-state index is 0.765. The minimum Gasteiger partial charge on any atom is -0.356 e. The Morgan fingerprint density at radius 2 is 2.18 bits per heavy atom. The summed E-state index contributed by atoms with van der Waals surface area (Å²) in [5.74, 6) is 0. The van der Waals surface area contributed by atoms with Crippen LogP contribution >= 0.6 is 24.0 Å². The van der Waals surface area contributed by atoms with Gasteiger partial charge in [0.05, 0.1) is 0 Å². The van der Waals surface area contributed by atoms with Gasteiger partial charge in [0, 0.05) is 18.3 Å². The van der Waals surface area contributed by atoms with Crippen molar-refractivity contribution in [2.45, 2.75) is 37.0 Å². The normalized spacial score (nSPS) is 37.5. The second-order valence-corrected chi connectivity index (χ2v) is 5.26. The van der Waals surface area contributed by atoms with Crippen LogP contribution in [0.15, 0.2) is 0 Å². The fraction of sp³-hybridized carbons (Fsp3) is 0.875. The first kappa shape index (κ1) is 7.87. The molecule has 0 spiro atoms. The molecular formula is C8H13NS2. The van der Waals surface area contributed by atoms with E-state index >= 15 is 0 Å². The molecule has 3 heteroatoms. The molecule has 2 atom stereocenters. The van der Waals surface area contributed by atoms with Crippen LogP contribution in [0.5, 0.6) is 0 Å². The van der Waals surface area contributed by atoms with Gasteiger partial charge in [-0.15, -0.1) is 0 Å². The zero-order valence-electron chi connectivity index (χ0n) is 6.75. The summed E-state index contributed by atoms with van der Waals surface area (Å²) in [5.41, 5.74) is 0. The quantitative estimate of drug-likeness (QED) is 0.536. The Kier molecular flexibility index (Phi) is 2.10. The van der Waals surface area contributed by atoms with E-state index in [1.165, 1.54) is 25.7 Å². The van der Waals surface area contributed by atoms with E-state index in [9.17, 15) is 0 Å². The molecule has 11 heavy (non-hydrogen) atoms. The maximum absolute atomic E-state index is 5.25. The Balaban J connectivity index is 2.11. The zero-order valence-corrected chi connectivity index (χ0v) is 8.38. The van der Waals surface area contributed by atoms with Crippen LogP contribution in [0.3, 0.4) is 0 Å². The number of thioether (sulfide) groups is 1. The van der Waals surface area contributed by atoms with E-state index in [2.05, 4.69) is 11.9 Å². The molecule has 0 radical (unpaired) electrons. The molecule has 2 fully saturated rings. The van der Waals surface area contributed by atoms with E-state index in [4.69, 9.17) is 12.2 Å². The predicted molar refractivity (Wildman–Crippen MR) is 54.0 cm³/mol. The number of hydrogen-bond donors (Lipinski definition) is 0. The number of rotatable bonds is 0. The molecule has 0 bridgehead atoms. The predicted octanol–water partition coefficient (Wildman–Crippen LogP) is 2.26. The van der Waals surface area contributed by atoms with Gasteiger partial charge in [0.25, 0.3) is 0 Å². The van der Waals surface area contributed by atoms with Crippen LogP contribution in [-0.2, 0) is 0 Å². The maximum atomic E-state index is 5.25. The van der Waals surface area contributed by atoms with Gasteiger partial charge in [-0.05, 0) is 12.8 Å². The highest BCUT2D eigenvalue weighted by Crippen LogP contribution is 2.39. The average molecular weight is 187 g/mol. The van der Waals surface area contributed by atoms with Crippen molar-refractivity contribution in [1.29, 1.82) is 0 Å². The van der Waals surface area contributed by atoms with Gasteiger partial charge in [0.2, 0.25) is 0 Å². The summed E-state index contributed by atoms with van der Waals surface area (Å²) in [6.45, 7) is 0. The molecule has 0 amide bonds. The second kappa shape index (κ2) is 2.94. The van der Waals surface area contributed by atoms with Gasteiger partial charge in [-0.1, -0.05) is 36.8 Å². The Bertz CT molecular complexity index is 181. The molecule has 1 aliphatic carbocycles. The molecule has 1 aliphatic heterocycles. The molecule has 1 nitrogen and oxygen atoms in total. The van der Waals surface area contributed by atoms with Crippen LogP contribution in [-0.4, -0.2) is 27.6 Å². The molecule has 0 aromatic carbocycles. The van der Waals surface area contributed by atoms with Gasteiger partial charge < -0.3 is 4.90 Å². The van der Waals surface area contributed by atoms with Crippen LogP contribution in [0.25, 0.3) is 0 Å². The monoisotopic (exact) mass is 187 g/mol.